The van der Waals surface area contributed by atoms with Gasteiger partial charge in [-0.1, -0.05) is 12.1 Å². The van der Waals surface area contributed by atoms with Gasteiger partial charge >= 0.3 is 6.09 Å². The van der Waals surface area contributed by atoms with Crippen molar-refractivity contribution in [3.63, 3.8) is 0 Å². The third kappa shape index (κ3) is 4.02. The monoisotopic (exact) mass is 384 g/mol. The van der Waals surface area contributed by atoms with Crippen molar-refractivity contribution in [1.82, 2.24) is 5.32 Å². The molecule has 6 nitrogen and oxygen atoms in total. The maximum Gasteiger partial charge on any atom is 0.405 e. The summed E-state index contributed by atoms with van der Waals surface area (Å²) in [5, 5.41) is 13.8. The van der Waals surface area contributed by atoms with Crippen molar-refractivity contribution in [2.24, 2.45) is 0 Å². The molecule has 3 rings (SSSR count). The number of fused-ring (bicyclic) bond motifs is 1. The van der Waals surface area contributed by atoms with Gasteiger partial charge in [-0.3, -0.25) is 4.79 Å². The Morgan fingerprint density at radius 2 is 1.92 bits per heavy atom. The quantitative estimate of drug-likeness (QED) is 0.752. The van der Waals surface area contributed by atoms with Crippen molar-refractivity contribution in [2.75, 3.05) is 11.9 Å². The number of halogens is 3. The molecule has 9 heteroatoms. The van der Waals surface area contributed by atoms with Gasteiger partial charge in [-0.25, -0.2) is 13.6 Å². The second-order valence-corrected chi connectivity index (χ2v) is 5.45. The normalized spacial score (nSPS) is 15.1. The van der Waals surface area contributed by atoms with E-state index in [0.717, 1.165) is 12.1 Å². The van der Waals surface area contributed by atoms with E-state index in [1.807, 2.05) is 0 Å². The summed E-state index contributed by atoms with van der Waals surface area (Å²) < 4.78 is 31.8. The Hall–Kier alpha value is -2.87. The molecular formula is C17H15ClF2N2O4. The highest BCUT2D eigenvalue weighted by atomic mass is 35.5. The lowest BCUT2D eigenvalue weighted by molar-refractivity contribution is 0.102. The van der Waals surface area contributed by atoms with Crippen LogP contribution in [0.1, 0.15) is 28.4 Å². The number of carboxylic acid groups (broad SMARTS) is 1. The molecule has 0 fully saturated rings. The van der Waals surface area contributed by atoms with Gasteiger partial charge in [-0.2, -0.15) is 0 Å². The first kappa shape index (κ1) is 19.5. The van der Waals surface area contributed by atoms with Gasteiger partial charge in [0.15, 0.2) is 11.6 Å². The van der Waals surface area contributed by atoms with Gasteiger partial charge in [0.25, 0.3) is 5.91 Å². The van der Waals surface area contributed by atoms with Crippen molar-refractivity contribution < 1.29 is 28.2 Å². The molecule has 1 aliphatic heterocycles. The summed E-state index contributed by atoms with van der Waals surface area (Å²) in [5.41, 5.74) is 0.822. The minimum Gasteiger partial charge on any atom is -0.492 e. The number of nitrogens with one attached hydrogen (secondary N) is 2. The first-order valence-electron chi connectivity index (χ1n) is 7.47. The highest BCUT2D eigenvalue weighted by Crippen LogP contribution is 2.35. The van der Waals surface area contributed by atoms with Crippen LogP contribution in [-0.2, 0) is 0 Å². The lowest BCUT2D eigenvalue weighted by Crippen LogP contribution is -2.31. The van der Waals surface area contributed by atoms with Gasteiger partial charge in [0.1, 0.15) is 5.75 Å². The number of hydrogen-bond donors (Lipinski definition) is 3. The van der Waals surface area contributed by atoms with Crippen LogP contribution in [0.25, 0.3) is 0 Å². The number of anilines is 1. The molecule has 138 valence electrons. The highest BCUT2D eigenvalue weighted by molar-refractivity contribution is 6.06. The van der Waals surface area contributed by atoms with E-state index < -0.39 is 29.7 Å². The number of amides is 2. The lowest BCUT2D eigenvalue weighted by atomic mass is 9.97. The summed E-state index contributed by atoms with van der Waals surface area (Å²) in [6, 6.07) is 7.32. The molecule has 1 heterocycles. The molecule has 1 aliphatic rings. The number of para-hydroxylation sites is 1. The molecule has 0 bridgehead atoms. The first-order valence-corrected chi connectivity index (χ1v) is 7.47. The minimum atomic E-state index is -1.17. The van der Waals surface area contributed by atoms with Gasteiger partial charge in [-0.15, -0.1) is 12.4 Å². The number of rotatable bonds is 3. The molecule has 2 aromatic rings. The maximum absolute atomic E-state index is 13.3. The summed E-state index contributed by atoms with van der Waals surface area (Å²) in [4.78, 5) is 23.4. The smallest absolute Gasteiger partial charge is 0.405 e. The average Bonchev–Trinajstić information content (AvgIpc) is 2.57. The Bertz CT molecular complexity index is 848. The van der Waals surface area contributed by atoms with Crippen LogP contribution in [0.2, 0.25) is 0 Å². The van der Waals surface area contributed by atoms with E-state index in [1.165, 1.54) is 12.1 Å². The summed E-state index contributed by atoms with van der Waals surface area (Å²) in [5.74, 6) is -2.39. The molecule has 0 spiro atoms. The first-order chi connectivity index (χ1) is 12.0. The van der Waals surface area contributed by atoms with E-state index in [2.05, 4.69) is 10.6 Å². The Labute approximate surface area is 153 Å². The molecule has 0 saturated heterocycles. The van der Waals surface area contributed by atoms with Gasteiger partial charge in [0, 0.05) is 23.7 Å². The fourth-order valence-electron chi connectivity index (χ4n) is 2.67. The topological polar surface area (TPSA) is 87.7 Å². The van der Waals surface area contributed by atoms with Crippen molar-refractivity contribution >= 4 is 30.1 Å². The maximum atomic E-state index is 13.3. The van der Waals surface area contributed by atoms with Crippen LogP contribution >= 0.6 is 12.4 Å². The average molecular weight is 385 g/mol. The van der Waals surface area contributed by atoms with Crippen molar-refractivity contribution in [1.29, 1.82) is 0 Å². The summed E-state index contributed by atoms with van der Waals surface area (Å²) in [6.07, 6.45) is -0.734. The Kier molecular flexibility index (Phi) is 5.99. The third-order valence-electron chi connectivity index (χ3n) is 3.79. The molecule has 26 heavy (non-hydrogen) atoms. The number of ether oxygens (including phenoxy) is 1. The molecule has 0 saturated carbocycles. The van der Waals surface area contributed by atoms with Gasteiger partial charge < -0.3 is 20.5 Å². The van der Waals surface area contributed by atoms with Gasteiger partial charge in [0.2, 0.25) is 0 Å². The summed E-state index contributed by atoms with van der Waals surface area (Å²) in [6.45, 7) is 0.243. The fourth-order valence-corrected chi connectivity index (χ4v) is 2.67. The fraction of sp³-hybridized carbons (Fsp3) is 0.176. The number of carbonyl (C=O) groups excluding carboxylic acids is 1. The molecule has 0 aliphatic carbocycles. The predicted octanol–water partition coefficient (Wildman–Crippen LogP) is 3.73. The Morgan fingerprint density at radius 1 is 1.15 bits per heavy atom. The third-order valence-corrected chi connectivity index (χ3v) is 3.79. The van der Waals surface area contributed by atoms with E-state index in [9.17, 15) is 18.4 Å². The number of carbonyl (C=O) groups is 2. The van der Waals surface area contributed by atoms with E-state index >= 15 is 0 Å². The summed E-state index contributed by atoms with van der Waals surface area (Å²) in [7, 11) is 0. The van der Waals surface area contributed by atoms with Crippen LogP contribution in [0.5, 0.6) is 5.75 Å². The van der Waals surface area contributed by atoms with Crippen molar-refractivity contribution in [2.45, 2.75) is 12.5 Å². The molecule has 1 atom stereocenters. The van der Waals surface area contributed by atoms with Gasteiger partial charge in [-0.05, 0) is 18.2 Å². The molecular weight excluding hydrogens is 370 g/mol. The Balaban J connectivity index is 0.00000243. The van der Waals surface area contributed by atoms with Crippen LogP contribution < -0.4 is 15.4 Å². The zero-order valence-electron chi connectivity index (χ0n) is 13.3. The largest absolute Gasteiger partial charge is 0.492 e. The van der Waals surface area contributed by atoms with Gasteiger partial charge in [0.05, 0.1) is 18.2 Å². The van der Waals surface area contributed by atoms with Crippen LogP contribution in [0, 0.1) is 11.6 Å². The molecule has 0 unspecified atom stereocenters. The molecule has 3 N–H and O–H groups in total. The minimum absolute atomic E-state index is 0. The SMILES string of the molecule is Cl.O=C(O)N[C@H]1CCOc2c(C(=O)Nc3ccc(F)c(F)c3)cccc21. The summed E-state index contributed by atoms with van der Waals surface area (Å²) >= 11 is 0. The van der Waals surface area contributed by atoms with Crippen LogP contribution in [0.4, 0.5) is 19.3 Å². The zero-order valence-corrected chi connectivity index (χ0v) is 14.1. The number of benzene rings is 2. The standard InChI is InChI=1S/C17H14F2N2O4.ClH/c18-12-5-4-9(8-13(12)19)20-16(22)11-3-1-2-10-14(21-17(23)24)6-7-25-15(10)11;/h1-5,8,14,21H,6-7H2,(H,20,22)(H,23,24);1H/t14-;/m0./s1. The van der Waals surface area contributed by atoms with E-state index in [1.54, 1.807) is 12.1 Å². The second kappa shape index (κ2) is 8.01. The molecule has 0 aromatic heterocycles. The molecule has 2 aromatic carbocycles. The van der Waals surface area contributed by atoms with Crippen LogP contribution in [0.15, 0.2) is 36.4 Å². The van der Waals surface area contributed by atoms with Crippen molar-refractivity contribution in [3.8, 4) is 5.75 Å². The van der Waals surface area contributed by atoms with E-state index in [4.69, 9.17) is 9.84 Å². The lowest BCUT2D eigenvalue weighted by Gasteiger charge is -2.27. The van der Waals surface area contributed by atoms with Crippen LogP contribution in [0.3, 0.4) is 0 Å². The zero-order chi connectivity index (χ0) is 18.0. The van der Waals surface area contributed by atoms with E-state index in [-0.39, 0.29) is 36.0 Å². The number of hydrogen-bond acceptors (Lipinski definition) is 3. The predicted molar refractivity (Wildman–Crippen MR) is 92.0 cm³/mol. The Morgan fingerprint density at radius 3 is 2.62 bits per heavy atom. The second-order valence-electron chi connectivity index (χ2n) is 5.45. The van der Waals surface area contributed by atoms with Crippen molar-refractivity contribution in [3.05, 3.63) is 59.2 Å². The molecule has 2 amide bonds. The van der Waals surface area contributed by atoms with Crippen LogP contribution in [-0.4, -0.2) is 23.7 Å². The van der Waals surface area contributed by atoms with E-state index in [0.29, 0.717) is 12.0 Å². The molecule has 0 radical (unpaired) electrons. The highest BCUT2D eigenvalue weighted by Gasteiger charge is 2.27.